The van der Waals surface area contributed by atoms with Crippen molar-refractivity contribution in [1.82, 2.24) is 20.6 Å². The van der Waals surface area contributed by atoms with Gasteiger partial charge in [-0.15, -0.1) is 0 Å². The average molecular weight is 812 g/mol. The molecule has 0 aromatic heterocycles. The third-order valence-electron chi connectivity index (χ3n) is 14.2. The normalized spacial score (nSPS) is 28.0. The lowest BCUT2D eigenvalue weighted by molar-refractivity contribution is -0.183. The van der Waals surface area contributed by atoms with Gasteiger partial charge in [-0.05, 0) is 98.2 Å². The number of nitrogens with one attached hydrogen (secondary N) is 2. The smallest absolute Gasteiger partial charge is 0.251 e. The minimum absolute atomic E-state index is 0.0225. The van der Waals surface area contributed by atoms with E-state index in [0.717, 1.165) is 60.3 Å². The van der Waals surface area contributed by atoms with Gasteiger partial charge in [0.15, 0.2) is 0 Å². The second kappa shape index (κ2) is 17.9. The second-order valence-corrected chi connectivity index (χ2v) is 18.3. The van der Waals surface area contributed by atoms with Crippen LogP contribution in [-0.4, -0.2) is 115 Å². The van der Waals surface area contributed by atoms with E-state index in [9.17, 15) is 24.9 Å². The molecule has 5 fully saturated rings. The Morgan fingerprint density at radius 2 is 1.75 bits per heavy atom. The molecule has 59 heavy (non-hydrogen) atoms. The minimum Gasteiger partial charge on any atom is -0.496 e. The number of hydrogen-bond donors (Lipinski definition) is 5. The van der Waals surface area contributed by atoms with Gasteiger partial charge >= 0.3 is 0 Å². The highest BCUT2D eigenvalue weighted by atomic mass is 16.7. The zero-order valence-electron chi connectivity index (χ0n) is 35.8. The Hall–Kier alpha value is -4.04. The number of aliphatic hydroxyl groups excluding tert-OH is 3. The summed E-state index contributed by atoms with van der Waals surface area (Å²) in [6.07, 6.45) is 1.72. The summed E-state index contributed by atoms with van der Waals surface area (Å²) in [6.45, 7) is 10.7. The first-order valence-electron chi connectivity index (χ1n) is 21.5. The topological polar surface area (TPSA) is 147 Å². The number of ether oxygens (including phenoxy) is 1. The third-order valence-corrected chi connectivity index (χ3v) is 14.2. The zero-order valence-corrected chi connectivity index (χ0v) is 35.8. The first kappa shape index (κ1) is 43.1. The third kappa shape index (κ3) is 8.76. The molecule has 2 aliphatic heterocycles. The van der Waals surface area contributed by atoms with Crippen LogP contribution in [0.5, 0.6) is 5.75 Å². The number of carbonyl (C=O) groups is 2. The highest BCUT2D eigenvalue weighted by Gasteiger charge is 2.57. The molecule has 2 saturated heterocycles. The maximum absolute atomic E-state index is 14.3. The summed E-state index contributed by atoms with van der Waals surface area (Å²) in [6, 6.07) is 19.6. The van der Waals surface area contributed by atoms with Gasteiger partial charge in [0.25, 0.3) is 5.91 Å². The van der Waals surface area contributed by atoms with Crippen LogP contribution in [0.4, 0.5) is 5.69 Å². The molecule has 3 aromatic carbocycles. The Morgan fingerprint density at radius 1 is 1.02 bits per heavy atom. The van der Waals surface area contributed by atoms with Crippen molar-refractivity contribution in [1.29, 1.82) is 0 Å². The monoisotopic (exact) mass is 811 g/mol. The van der Waals surface area contributed by atoms with E-state index in [2.05, 4.69) is 36.3 Å². The number of rotatable bonds is 15. The standard InChI is InChI=1S/C47H65N5O7/c1-28-37-23-34(47(37,3)4)24-38(28)48-46(57)42-41(29(2)54)40(27-53)59-52(42)25-31-16-13-17-36(44(31)58-7)32-20-33(22-35(21-32)50(5)6)45(56)49-39(26-51-18-11-12-19-51)43(55)30-14-9-8-10-15-30/h8-10,13-17,20-22,28-29,34,37-43,53-55H,11-12,18-19,23-27H2,1-7H3,(H,48,57)(H,49,56)/t28-,29-,34-,37+,38-,39+,40-,41+,42-,43+/m0/s1. The van der Waals surface area contributed by atoms with Gasteiger partial charge in [-0.1, -0.05) is 69.3 Å². The van der Waals surface area contributed by atoms with E-state index in [0.29, 0.717) is 35.6 Å². The van der Waals surface area contributed by atoms with E-state index in [1.165, 1.54) is 6.42 Å². The molecule has 2 amide bonds. The lowest BCUT2D eigenvalue weighted by Crippen LogP contribution is -2.62. The van der Waals surface area contributed by atoms with Crippen LogP contribution in [0, 0.1) is 29.1 Å². The molecule has 2 bridgehead atoms. The maximum Gasteiger partial charge on any atom is 0.251 e. The summed E-state index contributed by atoms with van der Waals surface area (Å²) < 4.78 is 6.12. The first-order chi connectivity index (χ1) is 28.2. The van der Waals surface area contributed by atoms with E-state index in [1.807, 2.05) is 85.7 Å². The van der Waals surface area contributed by atoms with E-state index < -0.39 is 36.3 Å². The Kier molecular flexibility index (Phi) is 13.1. The van der Waals surface area contributed by atoms with Crippen LogP contribution >= 0.6 is 0 Å². The lowest BCUT2D eigenvalue weighted by atomic mass is 9.45. The fraction of sp³-hybridized carbons (Fsp3) is 0.574. The van der Waals surface area contributed by atoms with E-state index >= 15 is 0 Å². The zero-order chi connectivity index (χ0) is 42.2. The van der Waals surface area contributed by atoms with Gasteiger partial charge in [0.05, 0.1) is 32.4 Å². The number of aliphatic hydroxyl groups is 3. The number of benzene rings is 3. The molecule has 0 unspecified atom stereocenters. The number of hydroxylamine groups is 2. The van der Waals surface area contributed by atoms with Crippen LogP contribution in [0.2, 0.25) is 0 Å². The molecule has 0 radical (unpaired) electrons. The highest BCUT2D eigenvalue weighted by Crippen LogP contribution is 2.61. The predicted octanol–water partition coefficient (Wildman–Crippen LogP) is 5.02. The summed E-state index contributed by atoms with van der Waals surface area (Å²) in [7, 11) is 5.45. The molecule has 12 nitrogen and oxygen atoms in total. The maximum atomic E-state index is 14.3. The molecule has 8 rings (SSSR count). The van der Waals surface area contributed by atoms with Crippen molar-refractivity contribution in [2.24, 2.45) is 29.1 Å². The van der Waals surface area contributed by atoms with E-state index in [-0.39, 0.29) is 36.4 Å². The molecule has 10 atom stereocenters. The number of methoxy groups -OCH3 is 1. The minimum atomic E-state index is -0.917. The van der Waals surface area contributed by atoms with Crippen LogP contribution in [-0.2, 0) is 16.2 Å². The SMILES string of the molecule is COc1c(CN2O[C@@H](CO)[C@@H]([C@H](C)O)[C@H]2C(=O)N[C@H]2C[C@@H]3C[C@H]([C@@H]2C)C3(C)C)cccc1-c1cc(C(=O)N[C@H](CN2CCCC2)[C@H](O)c2ccccc2)cc(N(C)C)c1. The molecule has 3 saturated carbocycles. The molecule has 2 heterocycles. The molecule has 5 aliphatic rings. The van der Waals surface area contributed by atoms with Crippen molar-refractivity contribution in [2.75, 3.05) is 52.3 Å². The summed E-state index contributed by atoms with van der Waals surface area (Å²) in [4.78, 5) is 39.1. The molecular weight excluding hydrogens is 747 g/mol. The van der Waals surface area contributed by atoms with Gasteiger partial charge in [-0.3, -0.25) is 14.4 Å². The molecule has 3 aliphatic carbocycles. The Morgan fingerprint density at radius 3 is 2.37 bits per heavy atom. The van der Waals surface area contributed by atoms with Crippen molar-refractivity contribution >= 4 is 17.5 Å². The highest BCUT2D eigenvalue weighted by molar-refractivity contribution is 5.97. The first-order valence-corrected chi connectivity index (χ1v) is 21.5. The largest absolute Gasteiger partial charge is 0.496 e. The van der Waals surface area contributed by atoms with Crippen LogP contribution in [0.3, 0.4) is 0 Å². The van der Waals surface area contributed by atoms with E-state index in [4.69, 9.17) is 9.57 Å². The average Bonchev–Trinajstić information content (AvgIpc) is 3.88. The molecule has 3 aromatic rings. The number of para-hydroxylation sites is 1. The molecule has 0 spiro atoms. The quantitative estimate of drug-likeness (QED) is 0.142. The Balaban J connectivity index is 1.17. The van der Waals surface area contributed by atoms with Crippen LogP contribution in [0.15, 0.2) is 66.7 Å². The number of fused-ring (bicyclic) bond motifs is 2. The summed E-state index contributed by atoms with van der Waals surface area (Å²) in [5.41, 5.74) is 4.49. The van der Waals surface area contributed by atoms with Crippen LogP contribution < -0.4 is 20.3 Å². The van der Waals surface area contributed by atoms with Gasteiger partial charge in [0, 0.05) is 55.0 Å². The number of likely N-dealkylation sites (tertiary alicyclic amines) is 1. The lowest BCUT2D eigenvalue weighted by Gasteiger charge is -2.62. The number of hydrogen-bond acceptors (Lipinski definition) is 10. The predicted molar refractivity (Wildman–Crippen MR) is 229 cm³/mol. The van der Waals surface area contributed by atoms with Crippen LogP contribution in [0.1, 0.15) is 81.0 Å². The van der Waals surface area contributed by atoms with Gasteiger partial charge in [0.2, 0.25) is 5.91 Å². The fourth-order valence-electron chi connectivity index (χ4n) is 10.6. The number of anilines is 1. The summed E-state index contributed by atoms with van der Waals surface area (Å²) in [5.74, 6) is 0.801. The Labute approximate surface area is 349 Å². The number of carbonyl (C=O) groups excluding carboxylic acids is 2. The summed E-state index contributed by atoms with van der Waals surface area (Å²) in [5, 5.41) is 41.1. The van der Waals surface area contributed by atoms with Gasteiger partial charge < -0.3 is 40.5 Å². The number of amides is 2. The molecule has 12 heteroatoms. The number of nitrogens with zero attached hydrogens (tertiary/aromatic N) is 3. The van der Waals surface area contributed by atoms with Crippen molar-refractivity contribution < 1.29 is 34.5 Å². The van der Waals surface area contributed by atoms with Crippen molar-refractivity contribution in [3.63, 3.8) is 0 Å². The second-order valence-electron chi connectivity index (χ2n) is 18.3. The molecule has 5 N–H and O–H groups in total. The van der Waals surface area contributed by atoms with E-state index in [1.54, 1.807) is 19.1 Å². The fourth-order valence-corrected chi connectivity index (χ4v) is 10.6. The van der Waals surface area contributed by atoms with Gasteiger partial charge in [0.1, 0.15) is 24.0 Å². The van der Waals surface area contributed by atoms with Crippen LogP contribution in [0.25, 0.3) is 11.1 Å². The van der Waals surface area contributed by atoms with Crippen molar-refractivity contribution in [3.05, 3.63) is 83.4 Å². The van der Waals surface area contributed by atoms with Crippen molar-refractivity contribution in [3.8, 4) is 16.9 Å². The van der Waals surface area contributed by atoms with Gasteiger partial charge in [-0.25, -0.2) is 0 Å². The van der Waals surface area contributed by atoms with Crippen molar-refractivity contribution in [2.45, 2.75) is 96.4 Å². The molecular formula is C47H65N5O7. The van der Waals surface area contributed by atoms with Gasteiger partial charge in [-0.2, -0.15) is 5.06 Å². The Bertz CT molecular complexity index is 1930. The molecule has 320 valence electrons. The summed E-state index contributed by atoms with van der Waals surface area (Å²) >= 11 is 0.